The summed E-state index contributed by atoms with van der Waals surface area (Å²) in [5.74, 6) is 1.20. The van der Waals surface area contributed by atoms with Gasteiger partial charge in [-0.25, -0.2) is 0 Å². The second-order valence-corrected chi connectivity index (χ2v) is 3.60. The molecule has 0 bridgehead atoms. The first-order chi connectivity index (χ1) is 8.19. The van der Waals surface area contributed by atoms with Crippen LogP contribution in [0, 0.1) is 18.3 Å². The number of hydrogen-bond donors (Lipinski definition) is 1. The normalized spacial score (nSPS) is 9.65. The third-order valence-electron chi connectivity index (χ3n) is 2.27. The van der Waals surface area contributed by atoms with Crippen LogP contribution in [-0.2, 0) is 0 Å². The molecule has 0 spiro atoms. The largest absolute Gasteiger partial charge is 0.456 e. The van der Waals surface area contributed by atoms with Crippen molar-refractivity contribution in [3.8, 4) is 17.6 Å². The van der Waals surface area contributed by atoms with Crippen LogP contribution in [0.5, 0.6) is 11.5 Å². The first kappa shape index (κ1) is 11.0. The highest BCUT2D eigenvalue weighted by Crippen LogP contribution is 2.24. The highest BCUT2D eigenvalue weighted by atomic mass is 16.5. The Kier molecular flexibility index (Phi) is 2.93. The number of ether oxygens (including phenoxy) is 1. The van der Waals surface area contributed by atoms with Gasteiger partial charge in [-0.3, -0.25) is 4.98 Å². The Balaban J connectivity index is 2.25. The summed E-state index contributed by atoms with van der Waals surface area (Å²) in [7, 11) is 0. The van der Waals surface area contributed by atoms with Crippen LogP contribution in [0.3, 0.4) is 0 Å². The van der Waals surface area contributed by atoms with Gasteiger partial charge >= 0.3 is 0 Å². The highest BCUT2D eigenvalue weighted by Gasteiger charge is 2.02. The Morgan fingerprint density at radius 2 is 2.00 bits per heavy atom. The van der Waals surface area contributed by atoms with Gasteiger partial charge in [0.05, 0.1) is 11.8 Å². The predicted molar refractivity (Wildman–Crippen MR) is 64.6 cm³/mol. The molecule has 2 aromatic rings. The fourth-order valence-electron chi connectivity index (χ4n) is 1.35. The molecule has 0 aliphatic carbocycles. The average molecular weight is 225 g/mol. The molecule has 4 nitrogen and oxygen atoms in total. The number of aryl methyl sites for hydroxylation is 1. The Morgan fingerprint density at radius 3 is 2.65 bits per heavy atom. The van der Waals surface area contributed by atoms with Crippen LogP contribution in [0.15, 0.2) is 36.5 Å². The van der Waals surface area contributed by atoms with Gasteiger partial charge in [0.1, 0.15) is 17.6 Å². The minimum absolute atomic E-state index is 0.405. The summed E-state index contributed by atoms with van der Waals surface area (Å²) in [6.45, 7) is 1.90. The van der Waals surface area contributed by atoms with Crippen molar-refractivity contribution in [1.82, 2.24) is 4.98 Å². The summed E-state index contributed by atoms with van der Waals surface area (Å²) in [5, 5.41) is 8.85. The lowest BCUT2D eigenvalue weighted by atomic mass is 10.2. The average Bonchev–Trinajstić information content (AvgIpc) is 2.34. The number of rotatable bonds is 2. The van der Waals surface area contributed by atoms with E-state index in [0.717, 1.165) is 5.69 Å². The van der Waals surface area contributed by atoms with E-state index in [2.05, 4.69) is 4.98 Å². The van der Waals surface area contributed by atoms with E-state index < -0.39 is 0 Å². The summed E-state index contributed by atoms with van der Waals surface area (Å²) in [5.41, 5.74) is 7.40. The van der Waals surface area contributed by atoms with Crippen molar-refractivity contribution in [3.63, 3.8) is 0 Å². The van der Waals surface area contributed by atoms with E-state index in [-0.39, 0.29) is 0 Å². The maximum absolute atomic E-state index is 8.85. The fraction of sp³-hybridized carbons (Fsp3) is 0.0769. The maximum Gasteiger partial charge on any atom is 0.145 e. The van der Waals surface area contributed by atoms with Crippen LogP contribution in [0.4, 0.5) is 5.69 Å². The maximum atomic E-state index is 8.85. The van der Waals surface area contributed by atoms with Crippen molar-refractivity contribution in [1.29, 1.82) is 5.26 Å². The Hall–Kier alpha value is -2.54. The zero-order chi connectivity index (χ0) is 12.3. The van der Waals surface area contributed by atoms with Gasteiger partial charge in [0.25, 0.3) is 0 Å². The summed E-state index contributed by atoms with van der Waals surface area (Å²) in [6.07, 6.45) is 1.64. The van der Waals surface area contributed by atoms with Crippen molar-refractivity contribution in [2.45, 2.75) is 6.92 Å². The van der Waals surface area contributed by atoms with Crippen LogP contribution >= 0.6 is 0 Å². The Labute approximate surface area is 99.3 Å². The first-order valence-corrected chi connectivity index (χ1v) is 5.09. The Bertz CT molecular complexity index is 570. The summed E-state index contributed by atoms with van der Waals surface area (Å²) >= 11 is 0. The second-order valence-electron chi connectivity index (χ2n) is 3.60. The van der Waals surface area contributed by atoms with Gasteiger partial charge in [-0.1, -0.05) is 0 Å². The zero-order valence-corrected chi connectivity index (χ0v) is 9.34. The van der Waals surface area contributed by atoms with Gasteiger partial charge in [0.15, 0.2) is 0 Å². The van der Waals surface area contributed by atoms with Crippen molar-refractivity contribution >= 4 is 5.69 Å². The number of hydrogen-bond acceptors (Lipinski definition) is 4. The van der Waals surface area contributed by atoms with Crippen LogP contribution in [0.25, 0.3) is 0 Å². The number of pyridine rings is 1. The van der Waals surface area contributed by atoms with E-state index in [9.17, 15) is 0 Å². The van der Waals surface area contributed by atoms with Crippen molar-refractivity contribution in [2.75, 3.05) is 5.73 Å². The standard InChI is InChI=1S/C13H11N3O/c1-9-2-3-12(8-16-9)17-11-4-5-13(15)10(6-11)7-14/h2-6,8H,15H2,1H3. The minimum atomic E-state index is 0.405. The summed E-state index contributed by atoms with van der Waals surface area (Å²) < 4.78 is 5.56. The molecule has 0 unspecified atom stereocenters. The minimum Gasteiger partial charge on any atom is -0.456 e. The zero-order valence-electron chi connectivity index (χ0n) is 9.34. The van der Waals surface area contributed by atoms with Crippen molar-refractivity contribution in [2.24, 2.45) is 0 Å². The summed E-state index contributed by atoms with van der Waals surface area (Å²) in [4.78, 5) is 4.12. The van der Waals surface area contributed by atoms with Crippen LogP contribution < -0.4 is 10.5 Å². The van der Waals surface area contributed by atoms with Crippen molar-refractivity contribution in [3.05, 3.63) is 47.8 Å². The monoisotopic (exact) mass is 225 g/mol. The van der Waals surface area contributed by atoms with Gasteiger partial charge in [-0.2, -0.15) is 5.26 Å². The lowest BCUT2D eigenvalue weighted by Gasteiger charge is -2.06. The molecule has 1 aromatic carbocycles. The third-order valence-corrected chi connectivity index (χ3v) is 2.27. The smallest absolute Gasteiger partial charge is 0.145 e. The number of nitrogens with zero attached hydrogens (tertiary/aromatic N) is 2. The molecule has 84 valence electrons. The number of anilines is 1. The van der Waals surface area contributed by atoms with E-state index in [1.807, 2.05) is 25.1 Å². The van der Waals surface area contributed by atoms with Gasteiger partial charge in [-0.15, -0.1) is 0 Å². The molecule has 0 atom stereocenters. The van der Waals surface area contributed by atoms with Gasteiger partial charge in [-0.05, 0) is 31.2 Å². The number of nitrogens with two attached hydrogens (primary N) is 1. The van der Waals surface area contributed by atoms with Gasteiger partial charge in [0, 0.05) is 17.4 Å². The van der Waals surface area contributed by atoms with Crippen LogP contribution in [-0.4, -0.2) is 4.98 Å². The van der Waals surface area contributed by atoms with Crippen LogP contribution in [0.2, 0.25) is 0 Å². The van der Waals surface area contributed by atoms with E-state index in [1.54, 1.807) is 24.4 Å². The van der Waals surface area contributed by atoms with E-state index in [0.29, 0.717) is 22.7 Å². The molecule has 0 amide bonds. The van der Waals surface area contributed by atoms with E-state index in [1.165, 1.54) is 0 Å². The molecule has 1 aromatic heterocycles. The molecule has 2 rings (SSSR count). The van der Waals surface area contributed by atoms with E-state index in [4.69, 9.17) is 15.7 Å². The SMILES string of the molecule is Cc1ccc(Oc2ccc(N)c(C#N)c2)cn1. The number of nitrogen functional groups attached to an aromatic ring is 1. The first-order valence-electron chi connectivity index (χ1n) is 5.09. The highest BCUT2D eigenvalue weighted by molar-refractivity contribution is 5.57. The molecule has 0 radical (unpaired) electrons. The fourth-order valence-corrected chi connectivity index (χ4v) is 1.35. The number of aromatic nitrogens is 1. The number of benzene rings is 1. The molecule has 0 fully saturated rings. The van der Waals surface area contributed by atoms with Gasteiger partial charge < -0.3 is 10.5 Å². The van der Waals surface area contributed by atoms with Gasteiger partial charge in [0.2, 0.25) is 0 Å². The predicted octanol–water partition coefficient (Wildman–Crippen LogP) is 2.64. The molecule has 0 aliphatic rings. The quantitative estimate of drug-likeness (QED) is 0.797. The molecule has 2 N–H and O–H groups in total. The second kappa shape index (κ2) is 4.54. The summed E-state index contributed by atoms with van der Waals surface area (Å²) in [6, 6.07) is 10.7. The topological polar surface area (TPSA) is 71.9 Å². The number of nitriles is 1. The molecule has 0 aliphatic heterocycles. The lowest BCUT2D eigenvalue weighted by molar-refractivity contribution is 0.480. The van der Waals surface area contributed by atoms with Crippen molar-refractivity contribution < 1.29 is 4.74 Å². The molecule has 0 saturated carbocycles. The molecule has 0 saturated heterocycles. The molecular weight excluding hydrogens is 214 g/mol. The third kappa shape index (κ3) is 2.52. The molecule has 4 heteroatoms. The van der Waals surface area contributed by atoms with Crippen LogP contribution in [0.1, 0.15) is 11.3 Å². The molecule has 1 heterocycles. The molecule has 17 heavy (non-hydrogen) atoms. The Morgan fingerprint density at radius 1 is 1.24 bits per heavy atom. The lowest BCUT2D eigenvalue weighted by Crippen LogP contribution is -1.92. The molecular formula is C13H11N3O. The van der Waals surface area contributed by atoms with E-state index >= 15 is 0 Å².